The van der Waals surface area contributed by atoms with Crippen LogP contribution < -0.4 is 5.73 Å². The standard InChI is InChI=1S/C11H15Cl2NO/c1-11(2,14)7-15-6-8-3-4-9(12)10(13)5-8/h3-5H,6-7,14H2,1-2H3. The largest absolute Gasteiger partial charge is 0.375 e. The molecule has 1 aromatic carbocycles. The summed E-state index contributed by atoms with van der Waals surface area (Å²) in [6.45, 7) is 4.84. The Morgan fingerprint density at radius 1 is 1.27 bits per heavy atom. The lowest BCUT2D eigenvalue weighted by Crippen LogP contribution is -2.37. The topological polar surface area (TPSA) is 35.2 Å². The molecule has 84 valence electrons. The van der Waals surface area contributed by atoms with Gasteiger partial charge in [0.25, 0.3) is 0 Å². The number of benzene rings is 1. The third-order valence-corrected chi connectivity index (χ3v) is 2.47. The highest BCUT2D eigenvalue weighted by Crippen LogP contribution is 2.22. The summed E-state index contributed by atoms with van der Waals surface area (Å²) in [6.07, 6.45) is 0. The van der Waals surface area contributed by atoms with Crippen LogP contribution in [0.15, 0.2) is 18.2 Å². The van der Waals surface area contributed by atoms with E-state index in [-0.39, 0.29) is 5.54 Å². The summed E-state index contributed by atoms with van der Waals surface area (Å²) in [7, 11) is 0. The first kappa shape index (κ1) is 12.8. The molecule has 0 aliphatic carbocycles. The maximum atomic E-state index is 5.87. The van der Waals surface area contributed by atoms with Gasteiger partial charge in [-0.2, -0.15) is 0 Å². The molecule has 1 aromatic rings. The van der Waals surface area contributed by atoms with Gasteiger partial charge in [-0.3, -0.25) is 0 Å². The van der Waals surface area contributed by atoms with Crippen LogP contribution in [0.1, 0.15) is 19.4 Å². The van der Waals surface area contributed by atoms with E-state index in [0.29, 0.717) is 23.3 Å². The predicted octanol–water partition coefficient (Wildman–Crippen LogP) is 3.25. The zero-order valence-electron chi connectivity index (χ0n) is 8.89. The van der Waals surface area contributed by atoms with Crippen molar-refractivity contribution in [3.8, 4) is 0 Å². The highest BCUT2D eigenvalue weighted by atomic mass is 35.5. The molecule has 2 nitrogen and oxygen atoms in total. The quantitative estimate of drug-likeness (QED) is 0.887. The highest BCUT2D eigenvalue weighted by Gasteiger charge is 2.10. The summed E-state index contributed by atoms with van der Waals surface area (Å²) in [5, 5.41) is 1.10. The molecule has 0 aliphatic rings. The SMILES string of the molecule is CC(C)(N)COCc1ccc(Cl)c(Cl)c1. The molecule has 0 amide bonds. The van der Waals surface area contributed by atoms with Crippen LogP contribution in [-0.4, -0.2) is 12.1 Å². The Kier molecular flexibility index (Phi) is 4.41. The van der Waals surface area contributed by atoms with Gasteiger partial charge in [0.2, 0.25) is 0 Å². The monoisotopic (exact) mass is 247 g/mol. The molecule has 0 aliphatic heterocycles. The van der Waals surface area contributed by atoms with Crippen molar-refractivity contribution in [3.05, 3.63) is 33.8 Å². The third-order valence-electron chi connectivity index (χ3n) is 1.73. The summed E-state index contributed by atoms with van der Waals surface area (Å²) >= 11 is 11.7. The van der Waals surface area contributed by atoms with Crippen molar-refractivity contribution in [2.75, 3.05) is 6.61 Å². The Morgan fingerprint density at radius 2 is 1.93 bits per heavy atom. The van der Waals surface area contributed by atoms with Crippen LogP contribution in [0.25, 0.3) is 0 Å². The molecular formula is C11H15Cl2NO. The minimum Gasteiger partial charge on any atom is -0.375 e. The fourth-order valence-electron chi connectivity index (χ4n) is 1.06. The fraction of sp³-hybridized carbons (Fsp3) is 0.455. The van der Waals surface area contributed by atoms with Gasteiger partial charge in [0.05, 0.1) is 23.3 Å². The minimum atomic E-state index is -0.309. The summed E-state index contributed by atoms with van der Waals surface area (Å²) in [4.78, 5) is 0. The molecule has 0 saturated carbocycles. The number of hydrogen-bond donors (Lipinski definition) is 1. The van der Waals surface area contributed by atoms with Crippen molar-refractivity contribution in [3.63, 3.8) is 0 Å². The van der Waals surface area contributed by atoms with E-state index in [1.807, 2.05) is 19.9 Å². The van der Waals surface area contributed by atoms with Crippen molar-refractivity contribution in [1.29, 1.82) is 0 Å². The molecule has 4 heteroatoms. The van der Waals surface area contributed by atoms with Crippen molar-refractivity contribution in [2.45, 2.75) is 26.0 Å². The number of nitrogens with two attached hydrogens (primary N) is 1. The minimum absolute atomic E-state index is 0.309. The van der Waals surface area contributed by atoms with Gasteiger partial charge in [0.1, 0.15) is 0 Å². The Balaban J connectivity index is 2.48. The van der Waals surface area contributed by atoms with Gasteiger partial charge in [-0.05, 0) is 31.5 Å². The van der Waals surface area contributed by atoms with Crippen molar-refractivity contribution in [2.24, 2.45) is 5.73 Å². The van der Waals surface area contributed by atoms with Crippen LogP contribution in [0.3, 0.4) is 0 Å². The summed E-state index contributed by atoms with van der Waals surface area (Å²) in [5.74, 6) is 0. The number of hydrogen-bond acceptors (Lipinski definition) is 2. The van der Waals surface area contributed by atoms with E-state index in [0.717, 1.165) is 5.56 Å². The van der Waals surface area contributed by atoms with E-state index in [9.17, 15) is 0 Å². The number of halogens is 2. The Hall–Kier alpha value is -0.280. The highest BCUT2D eigenvalue weighted by molar-refractivity contribution is 6.41. The first-order chi connectivity index (χ1) is 6.88. The fourth-order valence-corrected chi connectivity index (χ4v) is 1.38. The second-order valence-electron chi connectivity index (χ2n) is 4.23. The van der Waals surface area contributed by atoms with Crippen LogP contribution >= 0.6 is 23.2 Å². The molecule has 1 rings (SSSR count). The molecule has 0 saturated heterocycles. The van der Waals surface area contributed by atoms with Gasteiger partial charge in [0, 0.05) is 5.54 Å². The van der Waals surface area contributed by atoms with Crippen molar-refractivity contribution < 1.29 is 4.74 Å². The lowest BCUT2D eigenvalue weighted by atomic mass is 10.1. The molecule has 0 fully saturated rings. The van der Waals surface area contributed by atoms with E-state index in [4.69, 9.17) is 33.7 Å². The molecule has 15 heavy (non-hydrogen) atoms. The van der Waals surface area contributed by atoms with Crippen LogP contribution in [0.2, 0.25) is 10.0 Å². The van der Waals surface area contributed by atoms with Gasteiger partial charge < -0.3 is 10.5 Å². The molecular weight excluding hydrogens is 233 g/mol. The lowest BCUT2D eigenvalue weighted by Gasteiger charge is -2.18. The third kappa shape index (κ3) is 4.85. The predicted molar refractivity (Wildman–Crippen MR) is 64.4 cm³/mol. The second kappa shape index (κ2) is 5.17. The van der Waals surface area contributed by atoms with E-state index < -0.39 is 0 Å². The van der Waals surface area contributed by atoms with E-state index in [2.05, 4.69) is 0 Å². The van der Waals surface area contributed by atoms with Crippen LogP contribution in [-0.2, 0) is 11.3 Å². The average Bonchev–Trinajstić information content (AvgIpc) is 2.09. The summed E-state index contributed by atoms with van der Waals surface area (Å²) in [5.41, 5.74) is 6.47. The average molecular weight is 248 g/mol. The maximum absolute atomic E-state index is 5.87. The van der Waals surface area contributed by atoms with Crippen LogP contribution in [0, 0.1) is 0 Å². The van der Waals surface area contributed by atoms with E-state index in [1.54, 1.807) is 12.1 Å². The normalized spacial score (nSPS) is 11.8. The van der Waals surface area contributed by atoms with E-state index >= 15 is 0 Å². The van der Waals surface area contributed by atoms with Crippen LogP contribution in [0.4, 0.5) is 0 Å². The zero-order chi connectivity index (χ0) is 11.5. The second-order valence-corrected chi connectivity index (χ2v) is 5.04. The molecule has 0 radical (unpaired) electrons. The van der Waals surface area contributed by atoms with Crippen molar-refractivity contribution >= 4 is 23.2 Å². The van der Waals surface area contributed by atoms with Crippen molar-refractivity contribution in [1.82, 2.24) is 0 Å². The first-order valence-electron chi connectivity index (χ1n) is 4.69. The van der Waals surface area contributed by atoms with Gasteiger partial charge >= 0.3 is 0 Å². The Labute approximate surface area is 100 Å². The van der Waals surface area contributed by atoms with Gasteiger partial charge in [-0.15, -0.1) is 0 Å². The van der Waals surface area contributed by atoms with Crippen LogP contribution in [0.5, 0.6) is 0 Å². The molecule has 2 N–H and O–H groups in total. The summed E-state index contributed by atoms with van der Waals surface area (Å²) < 4.78 is 5.45. The zero-order valence-corrected chi connectivity index (χ0v) is 10.4. The Bertz CT molecular complexity index is 334. The molecule has 0 atom stereocenters. The summed E-state index contributed by atoms with van der Waals surface area (Å²) in [6, 6.07) is 5.45. The molecule has 0 spiro atoms. The molecule has 0 bridgehead atoms. The smallest absolute Gasteiger partial charge is 0.0718 e. The maximum Gasteiger partial charge on any atom is 0.0718 e. The number of ether oxygens (including phenoxy) is 1. The molecule has 0 unspecified atom stereocenters. The lowest BCUT2D eigenvalue weighted by molar-refractivity contribution is 0.0851. The van der Waals surface area contributed by atoms with Gasteiger partial charge in [0.15, 0.2) is 0 Å². The number of rotatable bonds is 4. The molecule has 0 aromatic heterocycles. The Morgan fingerprint density at radius 3 is 2.47 bits per heavy atom. The van der Waals surface area contributed by atoms with Gasteiger partial charge in [-0.1, -0.05) is 29.3 Å². The van der Waals surface area contributed by atoms with Gasteiger partial charge in [-0.25, -0.2) is 0 Å². The van der Waals surface area contributed by atoms with E-state index in [1.165, 1.54) is 0 Å². The molecule has 0 heterocycles. The first-order valence-corrected chi connectivity index (χ1v) is 5.45.